The van der Waals surface area contributed by atoms with Crippen LogP contribution < -0.4 is 10.6 Å². The zero-order valence-electron chi connectivity index (χ0n) is 8.89. The van der Waals surface area contributed by atoms with Crippen LogP contribution in [0.4, 0.5) is 11.9 Å². The zero-order valence-corrected chi connectivity index (χ0v) is 11.2. The standard InChI is InChI=1S/C9H9Cl2N5S/c1-16(4-5-2-3-6(10)17-5)9-14-7(11)13-8(12)15-9/h2-3H,4H2,1H3,(H2,12,13,14,15). The molecule has 0 fully saturated rings. The van der Waals surface area contributed by atoms with Crippen molar-refractivity contribution in [2.45, 2.75) is 6.54 Å². The molecule has 5 nitrogen and oxygen atoms in total. The van der Waals surface area contributed by atoms with Gasteiger partial charge in [0.25, 0.3) is 0 Å². The minimum Gasteiger partial charge on any atom is -0.368 e. The second-order valence-corrected chi connectivity index (χ2v) is 5.46. The molecule has 0 radical (unpaired) electrons. The van der Waals surface area contributed by atoms with Crippen LogP contribution in [0.15, 0.2) is 12.1 Å². The van der Waals surface area contributed by atoms with Crippen molar-refractivity contribution in [2.24, 2.45) is 0 Å². The SMILES string of the molecule is CN(Cc1ccc(Cl)s1)c1nc(N)nc(Cl)n1. The predicted molar refractivity (Wildman–Crippen MR) is 70.7 cm³/mol. The van der Waals surface area contributed by atoms with E-state index in [4.69, 9.17) is 28.9 Å². The number of hydrogen-bond acceptors (Lipinski definition) is 6. The van der Waals surface area contributed by atoms with Crippen molar-refractivity contribution in [2.75, 3.05) is 17.7 Å². The molecule has 0 saturated carbocycles. The van der Waals surface area contributed by atoms with Crippen molar-refractivity contribution in [1.82, 2.24) is 15.0 Å². The molecule has 2 rings (SSSR count). The number of anilines is 2. The monoisotopic (exact) mass is 289 g/mol. The van der Waals surface area contributed by atoms with Crippen molar-refractivity contribution < 1.29 is 0 Å². The summed E-state index contributed by atoms with van der Waals surface area (Å²) in [6.45, 7) is 0.636. The van der Waals surface area contributed by atoms with Crippen LogP contribution in [0.2, 0.25) is 9.62 Å². The number of hydrogen-bond donors (Lipinski definition) is 1. The molecule has 2 aromatic rings. The van der Waals surface area contributed by atoms with E-state index in [9.17, 15) is 0 Å². The van der Waals surface area contributed by atoms with Crippen LogP contribution in [-0.4, -0.2) is 22.0 Å². The first-order chi connectivity index (χ1) is 8.04. The molecule has 17 heavy (non-hydrogen) atoms. The molecule has 0 spiro atoms. The van der Waals surface area contributed by atoms with E-state index in [1.54, 1.807) is 0 Å². The number of aromatic nitrogens is 3. The van der Waals surface area contributed by atoms with Gasteiger partial charge in [-0.2, -0.15) is 15.0 Å². The zero-order chi connectivity index (χ0) is 12.4. The van der Waals surface area contributed by atoms with Crippen molar-refractivity contribution >= 4 is 46.4 Å². The molecule has 2 heterocycles. The summed E-state index contributed by atoms with van der Waals surface area (Å²) in [7, 11) is 1.85. The van der Waals surface area contributed by atoms with Gasteiger partial charge in [0.2, 0.25) is 17.2 Å². The molecular weight excluding hydrogens is 281 g/mol. The average molecular weight is 290 g/mol. The van der Waals surface area contributed by atoms with Gasteiger partial charge in [-0.3, -0.25) is 0 Å². The summed E-state index contributed by atoms with van der Waals surface area (Å²) in [4.78, 5) is 14.6. The average Bonchev–Trinajstić information content (AvgIpc) is 2.62. The highest BCUT2D eigenvalue weighted by molar-refractivity contribution is 7.16. The third-order valence-corrected chi connectivity index (χ3v) is 3.36. The van der Waals surface area contributed by atoms with Gasteiger partial charge in [-0.15, -0.1) is 11.3 Å². The number of nitrogens with zero attached hydrogens (tertiary/aromatic N) is 4. The van der Waals surface area contributed by atoms with Gasteiger partial charge in [0, 0.05) is 11.9 Å². The topological polar surface area (TPSA) is 67.9 Å². The molecule has 8 heteroatoms. The van der Waals surface area contributed by atoms with Crippen molar-refractivity contribution in [3.05, 3.63) is 26.6 Å². The summed E-state index contributed by atoms with van der Waals surface area (Å²) in [6, 6.07) is 3.81. The summed E-state index contributed by atoms with van der Waals surface area (Å²) in [5.41, 5.74) is 5.50. The summed E-state index contributed by atoms with van der Waals surface area (Å²) in [5.74, 6) is 0.545. The molecule has 0 atom stereocenters. The van der Waals surface area contributed by atoms with Crippen LogP contribution >= 0.6 is 34.5 Å². The Morgan fingerprint density at radius 3 is 2.65 bits per heavy atom. The van der Waals surface area contributed by atoms with Crippen molar-refractivity contribution in [3.63, 3.8) is 0 Å². The second kappa shape index (κ2) is 5.03. The maximum atomic E-state index is 5.86. The molecule has 0 aliphatic rings. The molecule has 0 amide bonds. The highest BCUT2D eigenvalue weighted by Crippen LogP contribution is 2.23. The largest absolute Gasteiger partial charge is 0.368 e. The van der Waals surface area contributed by atoms with E-state index in [0.717, 1.165) is 9.21 Å². The van der Waals surface area contributed by atoms with Gasteiger partial charge < -0.3 is 10.6 Å². The van der Waals surface area contributed by atoms with E-state index in [1.807, 2.05) is 24.1 Å². The third kappa shape index (κ3) is 3.18. The lowest BCUT2D eigenvalue weighted by molar-refractivity contribution is 0.867. The van der Waals surface area contributed by atoms with Crippen LogP contribution in [0, 0.1) is 0 Å². The van der Waals surface area contributed by atoms with Crippen LogP contribution in [-0.2, 0) is 6.54 Å². The van der Waals surface area contributed by atoms with Crippen molar-refractivity contribution in [3.8, 4) is 0 Å². The maximum absolute atomic E-state index is 5.86. The van der Waals surface area contributed by atoms with Gasteiger partial charge in [-0.05, 0) is 23.7 Å². The number of nitrogen functional groups attached to an aromatic ring is 1. The molecule has 0 aliphatic heterocycles. The molecule has 2 aromatic heterocycles. The second-order valence-electron chi connectivity index (χ2n) is 3.32. The van der Waals surface area contributed by atoms with Gasteiger partial charge in [-0.25, -0.2) is 0 Å². The molecule has 0 aromatic carbocycles. The quantitative estimate of drug-likeness (QED) is 0.940. The normalized spacial score (nSPS) is 10.5. The van der Waals surface area contributed by atoms with E-state index in [2.05, 4.69) is 15.0 Å². The van der Waals surface area contributed by atoms with Gasteiger partial charge in [0.1, 0.15) is 0 Å². The first-order valence-corrected chi connectivity index (χ1v) is 6.24. The fourth-order valence-corrected chi connectivity index (χ4v) is 2.57. The Labute approximate surface area is 112 Å². The maximum Gasteiger partial charge on any atom is 0.231 e. The fourth-order valence-electron chi connectivity index (χ4n) is 1.27. The van der Waals surface area contributed by atoms with E-state index in [0.29, 0.717) is 12.5 Å². The lowest BCUT2D eigenvalue weighted by atomic mass is 10.4. The lowest BCUT2D eigenvalue weighted by Gasteiger charge is -2.15. The van der Waals surface area contributed by atoms with Crippen LogP contribution in [0.3, 0.4) is 0 Å². The van der Waals surface area contributed by atoms with Crippen LogP contribution in [0.25, 0.3) is 0 Å². The summed E-state index contributed by atoms with van der Waals surface area (Å²) in [6.07, 6.45) is 0. The Balaban J connectivity index is 2.16. The van der Waals surface area contributed by atoms with Crippen molar-refractivity contribution in [1.29, 1.82) is 0 Å². The fraction of sp³-hybridized carbons (Fsp3) is 0.222. The van der Waals surface area contributed by atoms with E-state index in [-0.39, 0.29) is 11.2 Å². The molecule has 90 valence electrons. The van der Waals surface area contributed by atoms with Gasteiger partial charge >= 0.3 is 0 Å². The minimum absolute atomic E-state index is 0.0866. The van der Waals surface area contributed by atoms with Gasteiger partial charge in [-0.1, -0.05) is 11.6 Å². The van der Waals surface area contributed by atoms with Gasteiger partial charge in [0.05, 0.1) is 10.9 Å². The molecule has 0 aliphatic carbocycles. The van der Waals surface area contributed by atoms with E-state index >= 15 is 0 Å². The molecule has 0 unspecified atom stereocenters. The highest BCUT2D eigenvalue weighted by atomic mass is 35.5. The van der Waals surface area contributed by atoms with E-state index in [1.165, 1.54) is 11.3 Å². The Bertz CT molecular complexity index is 510. The summed E-state index contributed by atoms with van der Waals surface area (Å²) >= 11 is 13.1. The highest BCUT2D eigenvalue weighted by Gasteiger charge is 2.09. The minimum atomic E-state index is 0.0866. The third-order valence-electron chi connectivity index (χ3n) is 1.98. The Kier molecular flexibility index (Phi) is 3.66. The molecule has 0 bridgehead atoms. The Morgan fingerprint density at radius 1 is 1.29 bits per heavy atom. The van der Waals surface area contributed by atoms with E-state index < -0.39 is 0 Å². The summed E-state index contributed by atoms with van der Waals surface area (Å²) in [5, 5.41) is 0.0866. The molecule has 2 N–H and O–H groups in total. The number of halogens is 2. The Hall–Kier alpha value is -1.11. The first kappa shape index (κ1) is 12.3. The molecule has 0 saturated heterocycles. The lowest BCUT2D eigenvalue weighted by Crippen LogP contribution is -2.19. The first-order valence-electron chi connectivity index (χ1n) is 4.67. The Morgan fingerprint density at radius 2 is 2.06 bits per heavy atom. The smallest absolute Gasteiger partial charge is 0.231 e. The number of rotatable bonds is 3. The predicted octanol–water partition coefficient (Wildman–Crippen LogP) is 2.46. The van der Waals surface area contributed by atoms with Crippen LogP contribution in [0.5, 0.6) is 0 Å². The number of thiophene rings is 1. The number of nitrogens with two attached hydrogens (primary N) is 1. The summed E-state index contributed by atoms with van der Waals surface area (Å²) < 4.78 is 0.751. The van der Waals surface area contributed by atoms with Crippen LogP contribution in [0.1, 0.15) is 4.88 Å². The van der Waals surface area contributed by atoms with Gasteiger partial charge in [0.15, 0.2) is 0 Å². The molecular formula is C9H9Cl2N5S.